The maximum atomic E-state index is 5.55. The SMILES string of the molecule is CCC1CCCCN1CCNC(=NC)NCc1ccc(OC)c(OC)c1OC.I. The summed E-state index contributed by atoms with van der Waals surface area (Å²) in [7, 11) is 6.65. The molecule has 0 saturated carbocycles. The van der Waals surface area contributed by atoms with E-state index in [0.717, 1.165) is 30.7 Å². The van der Waals surface area contributed by atoms with Crippen molar-refractivity contribution in [1.29, 1.82) is 0 Å². The molecule has 2 rings (SSSR count). The number of piperidine rings is 1. The van der Waals surface area contributed by atoms with Gasteiger partial charge < -0.3 is 24.8 Å². The first-order valence-electron chi connectivity index (χ1n) is 10.1. The third-order valence-electron chi connectivity index (χ3n) is 5.37. The number of guanidine groups is 1. The van der Waals surface area contributed by atoms with E-state index in [1.165, 1.54) is 32.2 Å². The third-order valence-corrected chi connectivity index (χ3v) is 5.37. The van der Waals surface area contributed by atoms with E-state index >= 15 is 0 Å². The van der Waals surface area contributed by atoms with Gasteiger partial charge in [-0.1, -0.05) is 13.3 Å². The predicted molar refractivity (Wildman–Crippen MR) is 129 cm³/mol. The molecule has 1 atom stereocenters. The van der Waals surface area contributed by atoms with Gasteiger partial charge in [-0.15, -0.1) is 24.0 Å². The molecule has 0 aliphatic carbocycles. The van der Waals surface area contributed by atoms with Gasteiger partial charge >= 0.3 is 0 Å². The summed E-state index contributed by atoms with van der Waals surface area (Å²) in [6, 6.07) is 4.58. The van der Waals surface area contributed by atoms with Crippen LogP contribution < -0.4 is 24.8 Å². The van der Waals surface area contributed by atoms with Crippen LogP contribution in [0.3, 0.4) is 0 Å². The summed E-state index contributed by atoms with van der Waals surface area (Å²) in [5, 5.41) is 6.78. The molecular weight excluding hydrogens is 483 g/mol. The van der Waals surface area contributed by atoms with Gasteiger partial charge in [-0.2, -0.15) is 0 Å². The van der Waals surface area contributed by atoms with E-state index in [2.05, 4.69) is 27.4 Å². The lowest BCUT2D eigenvalue weighted by atomic mass is 10.0. The van der Waals surface area contributed by atoms with Crippen molar-refractivity contribution in [1.82, 2.24) is 15.5 Å². The quantitative estimate of drug-likeness (QED) is 0.296. The number of halogens is 1. The van der Waals surface area contributed by atoms with Gasteiger partial charge in [0.2, 0.25) is 5.75 Å². The second kappa shape index (κ2) is 13.7. The lowest BCUT2D eigenvalue weighted by Gasteiger charge is -2.35. The highest BCUT2D eigenvalue weighted by Crippen LogP contribution is 2.39. The molecule has 7 nitrogen and oxygen atoms in total. The van der Waals surface area contributed by atoms with Crippen LogP contribution in [0.1, 0.15) is 38.2 Å². The molecule has 1 aromatic carbocycles. The summed E-state index contributed by atoms with van der Waals surface area (Å²) >= 11 is 0. The zero-order valence-electron chi connectivity index (χ0n) is 18.4. The number of nitrogens with one attached hydrogen (secondary N) is 2. The van der Waals surface area contributed by atoms with E-state index in [1.807, 2.05) is 12.1 Å². The largest absolute Gasteiger partial charge is 0.493 e. The van der Waals surface area contributed by atoms with Crippen LogP contribution in [0.5, 0.6) is 17.2 Å². The van der Waals surface area contributed by atoms with Crippen LogP contribution in [0.15, 0.2) is 17.1 Å². The standard InChI is InChI=1S/C21H36N4O3.HI/c1-6-17-9-7-8-13-25(17)14-12-23-21(22-2)24-15-16-10-11-18(26-3)20(28-5)19(16)27-4;/h10-11,17H,6-9,12-15H2,1-5H3,(H2,22,23,24);1H. The zero-order chi connectivity index (χ0) is 20.4. The minimum absolute atomic E-state index is 0. The smallest absolute Gasteiger partial charge is 0.203 e. The van der Waals surface area contributed by atoms with Crippen molar-refractivity contribution in [3.05, 3.63) is 17.7 Å². The molecule has 1 unspecified atom stereocenters. The normalized spacial score (nSPS) is 17.3. The van der Waals surface area contributed by atoms with Gasteiger partial charge in [-0.05, 0) is 37.9 Å². The van der Waals surface area contributed by atoms with Gasteiger partial charge in [0.15, 0.2) is 17.5 Å². The molecule has 1 aliphatic heterocycles. The molecule has 166 valence electrons. The monoisotopic (exact) mass is 520 g/mol. The Morgan fingerprint density at radius 2 is 1.86 bits per heavy atom. The molecule has 29 heavy (non-hydrogen) atoms. The molecular formula is C21H37IN4O3. The molecule has 0 bridgehead atoms. The molecule has 1 saturated heterocycles. The number of hydrogen-bond acceptors (Lipinski definition) is 5. The number of aliphatic imine (C=N–C) groups is 1. The average Bonchev–Trinajstić information content (AvgIpc) is 2.75. The molecule has 0 aromatic heterocycles. The van der Waals surface area contributed by atoms with Crippen molar-refractivity contribution in [2.75, 3.05) is 48.0 Å². The number of hydrogen-bond donors (Lipinski definition) is 2. The maximum absolute atomic E-state index is 5.55. The van der Waals surface area contributed by atoms with Crippen molar-refractivity contribution >= 4 is 29.9 Å². The van der Waals surface area contributed by atoms with Crippen LogP contribution >= 0.6 is 24.0 Å². The lowest BCUT2D eigenvalue weighted by molar-refractivity contribution is 0.147. The Morgan fingerprint density at radius 3 is 2.48 bits per heavy atom. The van der Waals surface area contributed by atoms with Crippen LogP contribution in [0.25, 0.3) is 0 Å². The number of nitrogens with zero attached hydrogens (tertiary/aromatic N) is 2. The van der Waals surface area contributed by atoms with Crippen LogP contribution in [0, 0.1) is 0 Å². The lowest BCUT2D eigenvalue weighted by Crippen LogP contribution is -2.45. The Kier molecular flexibility index (Phi) is 12.1. The molecule has 0 amide bonds. The van der Waals surface area contributed by atoms with E-state index in [-0.39, 0.29) is 24.0 Å². The van der Waals surface area contributed by atoms with Gasteiger partial charge in [-0.3, -0.25) is 9.89 Å². The fraction of sp³-hybridized carbons (Fsp3) is 0.667. The van der Waals surface area contributed by atoms with E-state index in [9.17, 15) is 0 Å². The van der Waals surface area contributed by atoms with Gasteiger partial charge in [-0.25, -0.2) is 0 Å². The van der Waals surface area contributed by atoms with Crippen molar-refractivity contribution in [2.45, 2.75) is 45.2 Å². The van der Waals surface area contributed by atoms with Crippen LogP contribution in [-0.4, -0.2) is 64.9 Å². The molecule has 1 fully saturated rings. The van der Waals surface area contributed by atoms with Gasteiger partial charge in [0.1, 0.15) is 0 Å². The molecule has 0 spiro atoms. The Hall–Kier alpha value is -1.42. The first-order chi connectivity index (χ1) is 13.7. The second-order valence-corrected chi connectivity index (χ2v) is 6.94. The number of methoxy groups -OCH3 is 3. The average molecular weight is 520 g/mol. The maximum Gasteiger partial charge on any atom is 0.203 e. The predicted octanol–water partition coefficient (Wildman–Crippen LogP) is 3.26. The van der Waals surface area contributed by atoms with Crippen molar-refractivity contribution in [2.24, 2.45) is 4.99 Å². The number of likely N-dealkylation sites (tertiary alicyclic amines) is 1. The molecule has 1 aromatic rings. The van der Waals surface area contributed by atoms with E-state index in [0.29, 0.717) is 23.8 Å². The van der Waals surface area contributed by atoms with E-state index in [1.54, 1.807) is 28.4 Å². The second-order valence-electron chi connectivity index (χ2n) is 6.94. The Morgan fingerprint density at radius 1 is 1.10 bits per heavy atom. The first kappa shape index (κ1) is 25.6. The van der Waals surface area contributed by atoms with Crippen molar-refractivity contribution in [3.63, 3.8) is 0 Å². The topological polar surface area (TPSA) is 67.4 Å². The molecule has 1 aliphatic rings. The Balaban J connectivity index is 0.00000420. The minimum Gasteiger partial charge on any atom is -0.493 e. The highest BCUT2D eigenvalue weighted by molar-refractivity contribution is 14.0. The fourth-order valence-corrected chi connectivity index (χ4v) is 3.84. The summed E-state index contributed by atoms with van der Waals surface area (Å²) in [5.41, 5.74) is 0.977. The van der Waals surface area contributed by atoms with Crippen LogP contribution in [0.4, 0.5) is 0 Å². The summed E-state index contributed by atoms with van der Waals surface area (Å²) < 4.78 is 16.3. The molecule has 1 heterocycles. The summed E-state index contributed by atoms with van der Waals surface area (Å²) in [4.78, 5) is 6.93. The highest BCUT2D eigenvalue weighted by atomic mass is 127. The summed E-state index contributed by atoms with van der Waals surface area (Å²) in [6.45, 7) is 5.98. The van der Waals surface area contributed by atoms with E-state index < -0.39 is 0 Å². The zero-order valence-corrected chi connectivity index (χ0v) is 20.7. The van der Waals surface area contributed by atoms with Crippen molar-refractivity contribution in [3.8, 4) is 17.2 Å². The number of ether oxygens (including phenoxy) is 3. The fourth-order valence-electron chi connectivity index (χ4n) is 3.84. The Labute approximate surface area is 192 Å². The molecule has 0 radical (unpaired) electrons. The summed E-state index contributed by atoms with van der Waals surface area (Å²) in [5.74, 6) is 2.70. The molecule has 8 heteroatoms. The van der Waals surface area contributed by atoms with Crippen LogP contribution in [0.2, 0.25) is 0 Å². The number of benzene rings is 1. The number of rotatable bonds is 9. The Bertz CT molecular complexity index is 643. The van der Waals surface area contributed by atoms with E-state index in [4.69, 9.17) is 14.2 Å². The molecule has 2 N–H and O–H groups in total. The third kappa shape index (κ3) is 7.09. The highest BCUT2D eigenvalue weighted by Gasteiger charge is 2.20. The summed E-state index contributed by atoms with van der Waals surface area (Å²) in [6.07, 6.45) is 5.22. The van der Waals surface area contributed by atoms with Crippen molar-refractivity contribution < 1.29 is 14.2 Å². The van der Waals surface area contributed by atoms with Gasteiger partial charge in [0.25, 0.3) is 0 Å². The minimum atomic E-state index is 0. The van der Waals surface area contributed by atoms with Crippen LogP contribution in [-0.2, 0) is 6.54 Å². The first-order valence-corrected chi connectivity index (χ1v) is 10.1. The van der Waals surface area contributed by atoms with Gasteiger partial charge in [0.05, 0.1) is 21.3 Å². The van der Waals surface area contributed by atoms with Gasteiger partial charge in [0, 0.05) is 38.3 Å².